The summed E-state index contributed by atoms with van der Waals surface area (Å²) in [5.41, 5.74) is 4.16. The van der Waals surface area contributed by atoms with Crippen LogP contribution in [-0.2, 0) is 5.33 Å². The van der Waals surface area contributed by atoms with Gasteiger partial charge in [-0.15, -0.1) is 0 Å². The standard InChI is InChI=1S/C10H10BrN/c1-7-3-9(5-11)4-8(2)10(7)6-12/h3-4H,5H2,1-2H3. The fourth-order valence-corrected chi connectivity index (χ4v) is 1.63. The minimum absolute atomic E-state index is 0.805. The van der Waals surface area contributed by atoms with Gasteiger partial charge in [-0.25, -0.2) is 0 Å². The molecule has 0 atom stereocenters. The zero-order valence-corrected chi connectivity index (χ0v) is 8.77. The van der Waals surface area contributed by atoms with E-state index in [0.717, 1.165) is 22.0 Å². The molecule has 1 aromatic carbocycles. The van der Waals surface area contributed by atoms with E-state index < -0.39 is 0 Å². The van der Waals surface area contributed by atoms with E-state index in [2.05, 4.69) is 22.0 Å². The van der Waals surface area contributed by atoms with Gasteiger partial charge in [0.25, 0.3) is 0 Å². The number of nitrogens with zero attached hydrogens (tertiary/aromatic N) is 1. The Morgan fingerprint density at radius 1 is 1.33 bits per heavy atom. The number of benzene rings is 1. The average Bonchev–Trinajstić information content (AvgIpc) is 2.03. The number of hydrogen-bond acceptors (Lipinski definition) is 1. The molecule has 0 fully saturated rings. The Morgan fingerprint density at radius 2 is 1.83 bits per heavy atom. The molecule has 1 rings (SSSR count). The summed E-state index contributed by atoms with van der Waals surface area (Å²) < 4.78 is 0. The highest BCUT2D eigenvalue weighted by Crippen LogP contribution is 2.17. The lowest BCUT2D eigenvalue weighted by molar-refractivity contribution is 1.27. The van der Waals surface area contributed by atoms with Gasteiger partial charge in [0.1, 0.15) is 0 Å². The molecule has 0 aliphatic carbocycles. The van der Waals surface area contributed by atoms with Crippen LogP contribution in [-0.4, -0.2) is 0 Å². The minimum Gasteiger partial charge on any atom is -0.192 e. The van der Waals surface area contributed by atoms with Crippen molar-refractivity contribution in [2.45, 2.75) is 19.2 Å². The zero-order valence-electron chi connectivity index (χ0n) is 7.19. The Hall–Kier alpha value is -0.810. The minimum atomic E-state index is 0.805. The fraction of sp³-hybridized carbons (Fsp3) is 0.300. The molecule has 0 saturated heterocycles. The van der Waals surface area contributed by atoms with Crippen LogP contribution in [0.15, 0.2) is 12.1 Å². The molecule has 0 N–H and O–H groups in total. The van der Waals surface area contributed by atoms with Crippen LogP contribution in [0, 0.1) is 25.2 Å². The van der Waals surface area contributed by atoms with Crippen LogP contribution < -0.4 is 0 Å². The van der Waals surface area contributed by atoms with Crippen LogP contribution in [0.5, 0.6) is 0 Å². The second-order valence-electron chi connectivity index (χ2n) is 2.85. The van der Waals surface area contributed by atoms with Crippen molar-refractivity contribution in [1.82, 2.24) is 0 Å². The van der Waals surface area contributed by atoms with E-state index >= 15 is 0 Å². The summed E-state index contributed by atoms with van der Waals surface area (Å²) in [5.74, 6) is 0. The highest BCUT2D eigenvalue weighted by molar-refractivity contribution is 9.08. The first kappa shape index (κ1) is 9.28. The van der Waals surface area contributed by atoms with Gasteiger partial charge in [-0.2, -0.15) is 5.26 Å². The summed E-state index contributed by atoms with van der Waals surface area (Å²) >= 11 is 3.39. The number of hydrogen-bond donors (Lipinski definition) is 0. The third kappa shape index (κ3) is 1.67. The van der Waals surface area contributed by atoms with Crippen LogP contribution in [0.2, 0.25) is 0 Å². The van der Waals surface area contributed by atoms with Gasteiger partial charge in [0.2, 0.25) is 0 Å². The second kappa shape index (κ2) is 3.73. The normalized spacial score (nSPS) is 9.50. The predicted molar refractivity (Wildman–Crippen MR) is 53.3 cm³/mol. The maximum absolute atomic E-state index is 8.80. The van der Waals surface area contributed by atoms with Crippen LogP contribution in [0.3, 0.4) is 0 Å². The SMILES string of the molecule is Cc1cc(CBr)cc(C)c1C#N. The lowest BCUT2D eigenvalue weighted by Gasteiger charge is -2.04. The number of nitriles is 1. The van der Waals surface area contributed by atoms with E-state index in [4.69, 9.17) is 5.26 Å². The number of alkyl halides is 1. The first-order valence-corrected chi connectivity index (χ1v) is 4.87. The molecule has 0 amide bonds. The Bertz CT molecular complexity index is 313. The Labute approximate surface area is 81.2 Å². The molecule has 12 heavy (non-hydrogen) atoms. The first-order chi connectivity index (χ1) is 5.69. The summed E-state index contributed by atoms with van der Waals surface area (Å²) in [6, 6.07) is 6.28. The fourth-order valence-electron chi connectivity index (χ4n) is 1.31. The van der Waals surface area contributed by atoms with Gasteiger partial charge < -0.3 is 0 Å². The van der Waals surface area contributed by atoms with E-state index in [9.17, 15) is 0 Å². The van der Waals surface area contributed by atoms with E-state index in [1.165, 1.54) is 5.56 Å². The molecule has 0 spiro atoms. The molecular weight excluding hydrogens is 214 g/mol. The molecule has 0 unspecified atom stereocenters. The molecule has 0 aliphatic heterocycles. The van der Waals surface area contributed by atoms with Crippen LogP contribution in [0.25, 0.3) is 0 Å². The van der Waals surface area contributed by atoms with Crippen molar-refractivity contribution in [2.24, 2.45) is 0 Å². The number of aryl methyl sites for hydroxylation is 2. The molecule has 0 radical (unpaired) electrons. The molecule has 0 bridgehead atoms. The van der Waals surface area contributed by atoms with Crippen molar-refractivity contribution in [3.63, 3.8) is 0 Å². The number of rotatable bonds is 1. The Morgan fingerprint density at radius 3 is 2.17 bits per heavy atom. The molecule has 0 aliphatic rings. The highest BCUT2D eigenvalue weighted by Gasteiger charge is 2.02. The smallest absolute Gasteiger partial charge is 0.0997 e. The van der Waals surface area contributed by atoms with Gasteiger partial charge in [0.05, 0.1) is 11.6 Å². The molecule has 0 saturated carbocycles. The lowest BCUT2D eigenvalue weighted by Crippen LogP contribution is -1.90. The third-order valence-corrected chi connectivity index (χ3v) is 2.51. The van der Waals surface area contributed by atoms with Crippen molar-refractivity contribution >= 4 is 15.9 Å². The number of halogens is 1. The molecule has 1 aromatic rings. The average molecular weight is 224 g/mol. The lowest BCUT2D eigenvalue weighted by atomic mass is 10.0. The molecular formula is C10H10BrN. The maximum Gasteiger partial charge on any atom is 0.0997 e. The molecule has 0 heterocycles. The van der Waals surface area contributed by atoms with Gasteiger partial charge in [-0.05, 0) is 30.5 Å². The molecule has 0 aromatic heterocycles. The van der Waals surface area contributed by atoms with E-state index in [1.807, 2.05) is 26.0 Å². The largest absolute Gasteiger partial charge is 0.192 e. The van der Waals surface area contributed by atoms with Crippen LogP contribution >= 0.6 is 15.9 Å². The predicted octanol–water partition coefficient (Wildman–Crippen LogP) is 3.07. The van der Waals surface area contributed by atoms with Crippen molar-refractivity contribution in [2.75, 3.05) is 0 Å². The van der Waals surface area contributed by atoms with Crippen molar-refractivity contribution in [3.05, 3.63) is 34.4 Å². The molecule has 62 valence electrons. The van der Waals surface area contributed by atoms with Crippen molar-refractivity contribution in [3.8, 4) is 6.07 Å². The quantitative estimate of drug-likeness (QED) is 0.672. The Balaban J connectivity index is 3.30. The summed E-state index contributed by atoms with van der Waals surface area (Å²) in [5, 5.41) is 9.65. The second-order valence-corrected chi connectivity index (χ2v) is 3.41. The van der Waals surface area contributed by atoms with Crippen molar-refractivity contribution < 1.29 is 0 Å². The third-order valence-electron chi connectivity index (χ3n) is 1.86. The van der Waals surface area contributed by atoms with Gasteiger partial charge in [0, 0.05) is 5.33 Å². The topological polar surface area (TPSA) is 23.8 Å². The van der Waals surface area contributed by atoms with Crippen molar-refractivity contribution in [1.29, 1.82) is 5.26 Å². The maximum atomic E-state index is 8.80. The Kier molecular flexibility index (Phi) is 2.88. The van der Waals surface area contributed by atoms with Gasteiger partial charge in [-0.3, -0.25) is 0 Å². The van der Waals surface area contributed by atoms with Crippen LogP contribution in [0.1, 0.15) is 22.3 Å². The van der Waals surface area contributed by atoms with Gasteiger partial charge in [0.15, 0.2) is 0 Å². The van der Waals surface area contributed by atoms with E-state index in [-0.39, 0.29) is 0 Å². The summed E-state index contributed by atoms with van der Waals surface area (Å²) in [7, 11) is 0. The zero-order chi connectivity index (χ0) is 9.14. The highest BCUT2D eigenvalue weighted by atomic mass is 79.9. The first-order valence-electron chi connectivity index (χ1n) is 3.75. The molecule has 1 nitrogen and oxygen atoms in total. The molecule has 2 heteroatoms. The summed E-state index contributed by atoms with van der Waals surface area (Å²) in [6.45, 7) is 3.94. The van der Waals surface area contributed by atoms with Gasteiger partial charge in [-0.1, -0.05) is 28.1 Å². The monoisotopic (exact) mass is 223 g/mol. The van der Waals surface area contributed by atoms with Gasteiger partial charge >= 0.3 is 0 Å². The van der Waals surface area contributed by atoms with Crippen LogP contribution in [0.4, 0.5) is 0 Å². The summed E-state index contributed by atoms with van der Waals surface area (Å²) in [6.07, 6.45) is 0. The summed E-state index contributed by atoms with van der Waals surface area (Å²) in [4.78, 5) is 0. The van der Waals surface area contributed by atoms with E-state index in [1.54, 1.807) is 0 Å². The van der Waals surface area contributed by atoms with E-state index in [0.29, 0.717) is 0 Å².